The van der Waals surface area contributed by atoms with Crippen molar-refractivity contribution in [2.45, 2.75) is 50.7 Å². The summed E-state index contributed by atoms with van der Waals surface area (Å²) in [6.45, 7) is 8.83. The Bertz CT molecular complexity index is 478. The predicted molar refractivity (Wildman–Crippen MR) is 97.6 cm³/mol. The standard InChI is InChI=1S/C19H29NO2S/c1-15(2)10-12-22-18-9-11-20(13-18)19(21)16(3)23-14-17-7-5-4-6-8-17/h4-8,15-16,18H,9-14H2,1-3H3/t16-,18+/m1/s1. The Morgan fingerprint density at radius 2 is 2.04 bits per heavy atom. The van der Waals surface area contributed by atoms with Gasteiger partial charge in [0.1, 0.15) is 0 Å². The number of rotatable bonds is 8. The molecule has 2 rings (SSSR count). The van der Waals surface area contributed by atoms with E-state index >= 15 is 0 Å². The number of hydrogen-bond acceptors (Lipinski definition) is 3. The lowest BCUT2D eigenvalue weighted by Gasteiger charge is -2.21. The second-order valence-electron chi connectivity index (χ2n) is 6.69. The van der Waals surface area contributed by atoms with Crippen LogP contribution in [-0.2, 0) is 15.3 Å². The van der Waals surface area contributed by atoms with Gasteiger partial charge in [-0.15, -0.1) is 11.8 Å². The Labute approximate surface area is 144 Å². The minimum Gasteiger partial charge on any atom is -0.376 e. The molecule has 1 saturated heterocycles. The fourth-order valence-corrected chi connectivity index (χ4v) is 3.59. The van der Waals surface area contributed by atoms with Crippen LogP contribution in [0, 0.1) is 5.92 Å². The molecule has 1 aromatic carbocycles. The highest BCUT2D eigenvalue weighted by Crippen LogP contribution is 2.22. The molecule has 0 N–H and O–H groups in total. The summed E-state index contributed by atoms with van der Waals surface area (Å²) < 4.78 is 5.90. The van der Waals surface area contributed by atoms with E-state index in [0.717, 1.165) is 38.3 Å². The van der Waals surface area contributed by atoms with E-state index < -0.39 is 0 Å². The van der Waals surface area contributed by atoms with Crippen molar-refractivity contribution in [3.05, 3.63) is 35.9 Å². The van der Waals surface area contributed by atoms with Crippen LogP contribution in [-0.4, -0.2) is 41.9 Å². The van der Waals surface area contributed by atoms with E-state index in [4.69, 9.17) is 4.74 Å². The van der Waals surface area contributed by atoms with Crippen LogP contribution in [0.1, 0.15) is 39.2 Å². The molecule has 3 nitrogen and oxygen atoms in total. The summed E-state index contributed by atoms with van der Waals surface area (Å²) in [6.07, 6.45) is 2.29. The molecule has 0 saturated carbocycles. The van der Waals surface area contributed by atoms with Crippen LogP contribution in [0.15, 0.2) is 30.3 Å². The van der Waals surface area contributed by atoms with Gasteiger partial charge in [0.15, 0.2) is 0 Å². The van der Waals surface area contributed by atoms with Crippen LogP contribution in [0.5, 0.6) is 0 Å². The molecule has 1 amide bonds. The summed E-state index contributed by atoms with van der Waals surface area (Å²) >= 11 is 1.72. The second kappa shape index (κ2) is 9.33. The maximum absolute atomic E-state index is 12.5. The molecule has 0 bridgehead atoms. The normalized spacial score (nSPS) is 19.3. The van der Waals surface area contributed by atoms with Crippen molar-refractivity contribution >= 4 is 17.7 Å². The van der Waals surface area contributed by atoms with Crippen molar-refractivity contribution in [2.75, 3.05) is 19.7 Å². The lowest BCUT2D eigenvalue weighted by Crippen LogP contribution is -2.35. The molecule has 1 aromatic rings. The summed E-state index contributed by atoms with van der Waals surface area (Å²) in [5.41, 5.74) is 1.27. The first-order chi connectivity index (χ1) is 11.1. The van der Waals surface area contributed by atoms with E-state index in [1.807, 2.05) is 30.0 Å². The molecule has 1 aliphatic rings. The van der Waals surface area contributed by atoms with Gasteiger partial charge in [-0.05, 0) is 31.2 Å². The van der Waals surface area contributed by atoms with Crippen molar-refractivity contribution < 1.29 is 9.53 Å². The van der Waals surface area contributed by atoms with Crippen molar-refractivity contribution in [2.24, 2.45) is 5.92 Å². The summed E-state index contributed by atoms with van der Waals surface area (Å²) in [5.74, 6) is 1.81. The zero-order valence-corrected chi connectivity index (χ0v) is 15.3. The highest BCUT2D eigenvalue weighted by atomic mass is 32.2. The van der Waals surface area contributed by atoms with Crippen LogP contribution < -0.4 is 0 Å². The number of nitrogens with zero attached hydrogens (tertiary/aromatic N) is 1. The highest BCUT2D eigenvalue weighted by Gasteiger charge is 2.29. The summed E-state index contributed by atoms with van der Waals surface area (Å²) in [5, 5.41) is 0.00428. The van der Waals surface area contributed by atoms with Gasteiger partial charge in [-0.1, -0.05) is 44.2 Å². The van der Waals surface area contributed by atoms with Crippen LogP contribution in [0.25, 0.3) is 0 Å². The molecule has 1 heterocycles. The van der Waals surface area contributed by atoms with Gasteiger partial charge in [0.2, 0.25) is 5.91 Å². The smallest absolute Gasteiger partial charge is 0.235 e. The fourth-order valence-electron chi connectivity index (χ4n) is 2.66. The number of carbonyl (C=O) groups is 1. The molecule has 23 heavy (non-hydrogen) atoms. The molecule has 0 radical (unpaired) electrons. The third-order valence-corrected chi connectivity index (χ3v) is 5.40. The van der Waals surface area contributed by atoms with Crippen molar-refractivity contribution in [3.8, 4) is 0 Å². The average Bonchev–Trinajstić information content (AvgIpc) is 3.01. The summed E-state index contributed by atoms with van der Waals surface area (Å²) in [7, 11) is 0. The fraction of sp³-hybridized carbons (Fsp3) is 0.632. The topological polar surface area (TPSA) is 29.5 Å². The summed E-state index contributed by atoms with van der Waals surface area (Å²) in [4.78, 5) is 14.5. The lowest BCUT2D eigenvalue weighted by atomic mass is 10.1. The second-order valence-corrected chi connectivity index (χ2v) is 8.02. The Hall–Kier alpha value is -1.00. The number of benzene rings is 1. The predicted octanol–water partition coefficient (Wildman–Crippen LogP) is 3.97. The zero-order chi connectivity index (χ0) is 16.7. The summed E-state index contributed by atoms with van der Waals surface area (Å²) in [6, 6.07) is 10.3. The van der Waals surface area contributed by atoms with Gasteiger partial charge in [-0.2, -0.15) is 0 Å². The van der Waals surface area contributed by atoms with E-state index in [1.54, 1.807) is 11.8 Å². The maximum Gasteiger partial charge on any atom is 0.235 e. The quantitative estimate of drug-likeness (QED) is 0.720. The monoisotopic (exact) mass is 335 g/mol. The SMILES string of the molecule is CC(C)CCO[C@H]1CCN(C(=O)[C@@H](C)SCc2ccccc2)C1. The molecule has 2 atom stereocenters. The number of carbonyl (C=O) groups excluding carboxylic acids is 1. The van der Waals surface area contributed by atoms with E-state index in [2.05, 4.69) is 26.0 Å². The first kappa shape index (κ1) is 18.3. The van der Waals surface area contributed by atoms with Gasteiger partial charge in [-0.3, -0.25) is 4.79 Å². The highest BCUT2D eigenvalue weighted by molar-refractivity contribution is 7.99. The largest absolute Gasteiger partial charge is 0.376 e. The number of ether oxygens (including phenoxy) is 1. The maximum atomic E-state index is 12.5. The van der Waals surface area contributed by atoms with Crippen molar-refractivity contribution in [1.29, 1.82) is 0 Å². The van der Waals surface area contributed by atoms with Crippen LogP contribution in [0.2, 0.25) is 0 Å². The van der Waals surface area contributed by atoms with Gasteiger partial charge < -0.3 is 9.64 Å². The average molecular weight is 336 g/mol. The molecule has 4 heteroatoms. The van der Waals surface area contributed by atoms with E-state index in [0.29, 0.717) is 5.92 Å². The minimum atomic E-state index is 0.00428. The Morgan fingerprint density at radius 1 is 1.30 bits per heavy atom. The van der Waals surface area contributed by atoms with Crippen LogP contribution >= 0.6 is 11.8 Å². The van der Waals surface area contributed by atoms with Crippen LogP contribution in [0.3, 0.4) is 0 Å². The van der Waals surface area contributed by atoms with Crippen molar-refractivity contribution in [3.63, 3.8) is 0 Å². The molecule has 1 aliphatic heterocycles. The molecule has 128 valence electrons. The number of thioether (sulfide) groups is 1. The van der Waals surface area contributed by atoms with E-state index in [1.165, 1.54) is 5.56 Å². The van der Waals surface area contributed by atoms with Gasteiger partial charge in [-0.25, -0.2) is 0 Å². The third kappa shape index (κ3) is 6.19. The van der Waals surface area contributed by atoms with Crippen LogP contribution in [0.4, 0.5) is 0 Å². The lowest BCUT2D eigenvalue weighted by molar-refractivity contribution is -0.129. The molecular formula is C19H29NO2S. The molecule has 0 aromatic heterocycles. The first-order valence-electron chi connectivity index (χ1n) is 8.62. The molecule has 0 spiro atoms. The molecular weight excluding hydrogens is 306 g/mol. The Balaban J connectivity index is 1.70. The molecule has 1 fully saturated rings. The van der Waals surface area contributed by atoms with Gasteiger partial charge in [0.05, 0.1) is 11.4 Å². The number of hydrogen-bond donors (Lipinski definition) is 0. The minimum absolute atomic E-state index is 0.00428. The molecule has 0 unspecified atom stereocenters. The molecule has 0 aliphatic carbocycles. The van der Waals surface area contributed by atoms with E-state index in [-0.39, 0.29) is 17.3 Å². The number of likely N-dealkylation sites (tertiary alicyclic amines) is 1. The first-order valence-corrected chi connectivity index (χ1v) is 9.67. The van der Waals surface area contributed by atoms with Crippen molar-refractivity contribution in [1.82, 2.24) is 4.90 Å². The Morgan fingerprint density at radius 3 is 2.74 bits per heavy atom. The zero-order valence-electron chi connectivity index (χ0n) is 14.5. The van der Waals surface area contributed by atoms with E-state index in [9.17, 15) is 4.79 Å². The third-order valence-electron chi connectivity index (χ3n) is 4.20. The number of amides is 1. The van der Waals surface area contributed by atoms with Gasteiger partial charge in [0, 0.05) is 25.4 Å². The van der Waals surface area contributed by atoms with Gasteiger partial charge in [0.25, 0.3) is 0 Å². The van der Waals surface area contributed by atoms with Gasteiger partial charge >= 0.3 is 0 Å². The Kier molecular flexibility index (Phi) is 7.44.